The summed E-state index contributed by atoms with van der Waals surface area (Å²) in [7, 11) is -3.71. The molecular weight excluding hydrogens is 326 g/mol. The number of hydrogen-bond acceptors (Lipinski definition) is 4. The normalized spacial score (nSPS) is 14.5. The molecule has 1 aromatic carbocycles. The van der Waals surface area contributed by atoms with E-state index in [1.165, 1.54) is 12.1 Å². The Morgan fingerprint density at radius 2 is 1.88 bits per heavy atom. The largest absolute Gasteiger partial charge is 0.444 e. The van der Waals surface area contributed by atoms with Crippen molar-refractivity contribution in [2.24, 2.45) is 5.92 Å². The molecule has 0 aliphatic rings. The van der Waals surface area contributed by atoms with Gasteiger partial charge in [-0.2, -0.15) is 0 Å². The van der Waals surface area contributed by atoms with Crippen molar-refractivity contribution in [3.05, 3.63) is 43.0 Å². The number of hydrogen-bond donors (Lipinski definition) is 1. The van der Waals surface area contributed by atoms with Gasteiger partial charge in [0.1, 0.15) is 11.0 Å². The molecule has 1 N–H and O–H groups in total. The fraction of sp³-hybridized carbons (Fsp3) is 0.500. The minimum Gasteiger partial charge on any atom is -0.444 e. The second-order valence-corrected chi connectivity index (χ2v) is 8.99. The topological polar surface area (TPSA) is 72.5 Å². The summed E-state index contributed by atoms with van der Waals surface area (Å²) in [6.07, 6.45) is 1.95. The molecule has 1 aromatic rings. The van der Waals surface area contributed by atoms with E-state index in [-0.39, 0.29) is 17.2 Å². The Bertz CT molecular complexity index is 647. The Labute approximate surface area is 145 Å². The summed E-state index contributed by atoms with van der Waals surface area (Å²) in [5.74, 6) is 0.0564. The van der Waals surface area contributed by atoms with Crippen molar-refractivity contribution in [1.29, 1.82) is 0 Å². The van der Waals surface area contributed by atoms with Crippen molar-refractivity contribution < 1.29 is 17.9 Å². The van der Waals surface area contributed by atoms with Crippen LogP contribution >= 0.6 is 0 Å². The maximum absolute atomic E-state index is 12.9. The molecule has 0 spiro atoms. The number of alkyl carbamates (subject to hydrolysis) is 1. The highest BCUT2D eigenvalue weighted by atomic mass is 32.2. The molecule has 0 aromatic heterocycles. The lowest BCUT2D eigenvalue weighted by atomic mass is 10.0. The summed E-state index contributed by atoms with van der Waals surface area (Å²) in [6.45, 7) is 10.8. The van der Waals surface area contributed by atoms with Crippen LogP contribution in [-0.4, -0.2) is 25.5 Å². The van der Waals surface area contributed by atoms with Gasteiger partial charge in [0.15, 0.2) is 9.84 Å². The number of carbonyl (C=O) groups is 1. The molecule has 1 unspecified atom stereocenters. The number of allylic oxidation sites excluding steroid dienone is 1. The molecule has 0 heterocycles. The Morgan fingerprint density at radius 3 is 2.38 bits per heavy atom. The van der Waals surface area contributed by atoms with E-state index in [1.54, 1.807) is 45.0 Å². The van der Waals surface area contributed by atoms with E-state index in [0.29, 0.717) is 6.42 Å². The van der Waals surface area contributed by atoms with E-state index in [0.717, 1.165) is 0 Å². The number of ether oxygens (including phenoxy) is 1. The third-order valence-electron chi connectivity index (χ3n) is 3.31. The van der Waals surface area contributed by atoms with Gasteiger partial charge < -0.3 is 10.1 Å². The summed E-state index contributed by atoms with van der Waals surface area (Å²) in [5, 5.41) is 1.47. The molecule has 0 aliphatic carbocycles. The van der Waals surface area contributed by atoms with Crippen LogP contribution in [0.3, 0.4) is 0 Å². The van der Waals surface area contributed by atoms with Gasteiger partial charge in [-0.15, -0.1) is 6.58 Å². The van der Waals surface area contributed by atoms with Gasteiger partial charge in [-0.1, -0.05) is 31.2 Å². The predicted molar refractivity (Wildman–Crippen MR) is 95.4 cm³/mol. The van der Waals surface area contributed by atoms with E-state index in [4.69, 9.17) is 4.74 Å². The number of benzene rings is 1. The third-order valence-corrected chi connectivity index (χ3v) is 5.30. The summed E-state index contributed by atoms with van der Waals surface area (Å²) in [4.78, 5) is 12.2. The van der Waals surface area contributed by atoms with E-state index in [2.05, 4.69) is 11.9 Å². The molecule has 0 bridgehead atoms. The van der Waals surface area contributed by atoms with Crippen LogP contribution in [0, 0.1) is 5.92 Å². The number of carbonyl (C=O) groups excluding carboxylic acids is 1. The molecule has 0 saturated carbocycles. The van der Waals surface area contributed by atoms with E-state index in [1.807, 2.05) is 6.92 Å². The number of rotatable bonds is 7. The van der Waals surface area contributed by atoms with Crippen LogP contribution in [0.5, 0.6) is 0 Å². The molecule has 24 heavy (non-hydrogen) atoms. The standard InChI is InChI=1S/C18H27NO4S/c1-6-10-14(2)13-16(19-17(20)23-18(3,4)5)24(21,22)15-11-8-7-9-12-15/h6-9,11-12,14,16H,1,10,13H2,2-5H3,(H,19,20)/t14-,16?/m1/s1. The molecule has 1 amide bonds. The second kappa shape index (κ2) is 8.33. The summed E-state index contributed by atoms with van der Waals surface area (Å²) in [6, 6.07) is 8.11. The van der Waals surface area contributed by atoms with Crippen molar-refractivity contribution >= 4 is 15.9 Å². The van der Waals surface area contributed by atoms with Crippen LogP contribution in [0.1, 0.15) is 40.5 Å². The first kappa shape index (κ1) is 20.2. The van der Waals surface area contributed by atoms with Gasteiger partial charge in [0.2, 0.25) is 0 Å². The van der Waals surface area contributed by atoms with Crippen molar-refractivity contribution in [3.8, 4) is 0 Å². The van der Waals surface area contributed by atoms with Gasteiger partial charge in [0.25, 0.3) is 0 Å². The van der Waals surface area contributed by atoms with Crippen LogP contribution < -0.4 is 5.32 Å². The monoisotopic (exact) mass is 353 g/mol. The Hall–Kier alpha value is -1.82. The molecule has 6 heteroatoms. The highest BCUT2D eigenvalue weighted by Crippen LogP contribution is 2.22. The van der Waals surface area contributed by atoms with Crippen LogP contribution in [-0.2, 0) is 14.6 Å². The zero-order valence-corrected chi connectivity index (χ0v) is 15.6. The average Bonchev–Trinajstić information content (AvgIpc) is 2.45. The zero-order chi connectivity index (χ0) is 18.4. The number of nitrogens with one attached hydrogen (secondary N) is 1. The lowest BCUT2D eigenvalue weighted by molar-refractivity contribution is 0.0516. The smallest absolute Gasteiger partial charge is 0.408 e. The summed E-state index contributed by atoms with van der Waals surface area (Å²) >= 11 is 0. The average molecular weight is 353 g/mol. The molecule has 0 fully saturated rings. The Morgan fingerprint density at radius 1 is 1.29 bits per heavy atom. The zero-order valence-electron chi connectivity index (χ0n) is 14.8. The second-order valence-electron chi connectivity index (χ2n) is 6.86. The van der Waals surface area contributed by atoms with E-state index >= 15 is 0 Å². The van der Waals surface area contributed by atoms with Gasteiger partial charge in [-0.25, -0.2) is 13.2 Å². The highest BCUT2D eigenvalue weighted by molar-refractivity contribution is 7.92. The molecule has 0 radical (unpaired) electrons. The fourth-order valence-corrected chi connectivity index (χ4v) is 3.92. The van der Waals surface area contributed by atoms with Crippen molar-refractivity contribution in [2.75, 3.05) is 0 Å². The Kier molecular flexibility index (Phi) is 7.02. The Balaban J connectivity index is 3.05. The minimum atomic E-state index is -3.71. The lowest BCUT2D eigenvalue weighted by Gasteiger charge is -2.25. The molecule has 134 valence electrons. The van der Waals surface area contributed by atoms with Gasteiger partial charge in [0, 0.05) is 0 Å². The quantitative estimate of drug-likeness (QED) is 0.754. The first-order valence-corrected chi connectivity index (χ1v) is 9.50. The molecule has 1 rings (SSSR count). The fourth-order valence-electron chi connectivity index (χ4n) is 2.22. The molecule has 0 saturated heterocycles. The molecular formula is C18H27NO4S. The molecule has 0 aliphatic heterocycles. The van der Waals surface area contributed by atoms with Crippen LogP contribution in [0.25, 0.3) is 0 Å². The lowest BCUT2D eigenvalue weighted by Crippen LogP contribution is -2.44. The third kappa shape index (κ3) is 6.35. The van der Waals surface area contributed by atoms with Crippen LogP contribution in [0.2, 0.25) is 0 Å². The van der Waals surface area contributed by atoms with Crippen molar-refractivity contribution in [1.82, 2.24) is 5.32 Å². The predicted octanol–water partition coefficient (Wildman–Crippen LogP) is 3.91. The van der Waals surface area contributed by atoms with Crippen molar-refractivity contribution in [2.45, 2.75) is 56.4 Å². The maximum Gasteiger partial charge on any atom is 0.408 e. The van der Waals surface area contributed by atoms with Gasteiger partial charge in [0.05, 0.1) is 4.90 Å². The van der Waals surface area contributed by atoms with Crippen molar-refractivity contribution in [3.63, 3.8) is 0 Å². The first-order chi connectivity index (χ1) is 11.1. The minimum absolute atomic E-state index is 0.0564. The maximum atomic E-state index is 12.9. The van der Waals surface area contributed by atoms with Crippen LogP contribution in [0.4, 0.5) is 4.79 Å². The van der Waals surface area contributed by atoms with Gasteiger partial charge in [-0.05, 0) is 51.7 Å². The molecule has 5 nitrogen and oxygen atoms in total. The van der Waals surface area contributed by atoms with E-state index < -0.39 is 26.9 Å². The number of amides is 1. The first-order valence-electron chi connectivity index (χ1n) is 7.95. The highest BCUT2D eigenvalue weighted by Gasteiger charge is 2.31. The summed E-state index contributed by atoms with van der Waals surface area (Å²) in [5.41, 5.74) is -0.697. The van der Waals surface area contributed by atoms with Gasteiger partial charge in [-0.3, -0.25) is 0 Å². The SMILES string of the molecule is C=CC[C@@H](C)CC(NC(=O)OC(C)(C)C)S(=O)(=O)c1ccccc1. The molecule has 2 atom stereocenters. The van der Waals surface area contributed by atoms with Gasteiger partial charge >= 0.3 is 6.09 Å². The number of sulfone groups is 1. The van der Waals surface area contributed by atoms with Crippen LogP contribution in [0.15, 0.2) is 47.9 Å². The summed E-state index contributed by atoms with van der Waals surface area (Å²) < 4.78 is 31.0. The van der Waals surface area contributed by atoms with E-state index in [9.17, 15) is 13.2 Å².